The van der Waals surface area contributed by atoms with Crippen LogP contribution in [-0.2, 0) is 14.3 Å². The number of hydrogen-bond donors (Lipinski definition) is 2. The molecule has 1 aromatic rings. The lowest BCUT2D eigenvalue weighted by atomic mass is 10.2. The fourth-order valence-electron chi connectivity index (χ4n) is 2.72. The summed E-state index contributed by atoms with van der Waals surface area (Å²) in [6.45, 7) is 6.67. The Morgan fingerprint density at radius 1 is 1.21 bits per heavy atom. The number of piperazine rings is 1. The van der Waals surface area contributed by atoms with Gasteiger partial charge in [-0.3, -0.25) is 9.69 Å². The predicted molar refractivity (Wildman–Crippen MR) is 108 cm³/mol. The SMILES string of the molecule is COCCOCOc1ccc(C=CC(=O)NCCN2CCNCC2)cc1OC. The molecule has 0 bridgehead atoms. The first-order valence-electron chi connectivity index (χ1n) is 9.49. The lowest BCUT2D eigenvalue weighted by molar-refractivity contribution is -0.116. The molecule has 2 rings (SSSR count). The first-order chi connectivity index (χ1) is 13.7. The van der Waals surface area contributed by atoms with E-state index in [1.807, 2.05) is 12.1 Å². The van der Waals surface area contributed by atoms with Crippen LogP contribution in [0.1, 0.15) is 5.56 Å². The first-order valence-corrected chi connectivity index (χ1v) is 9.49. The van der Waals surface area contributed by atoms with Gasteiger partial charge in [-0.2, -0.15) is 0 Å². The second-order valence-electron chi connectivity index (χ2n) is 6.29. The number of methoxy groups -OCH3 is 2. The summed E-state index contributed by atoms with van der Waals surface area (Å²) in [6.07, 6.45) is 3.28. The van der Waals surface area contributed by atoms with Crippen LogP contribution in [-0.4, -0.2) is 84.3 Å². The molecule has 0 unspecified atom stereocenters. The van der Waals surface area contributed by atoms with Gasteiger partial charge in [0.25, 0.3) is 0 Å². The quantitative estimate of drug-likeness (QED) is 0.308. The molecular weight excluding hydrogens is 362 g/mol. The molecule has 1 saturated heterocycles. The summed E-state index contributed by atoms with van der Waals surface area (Å²) in [6, 6.07) is 5.47. The zero-order valence-electron chi connectivity index (χ0n) is 16.7. The fraction of sp³-hybridized carbons (Fsp3) is 0.550. The molecule has 8 heteroatoms. The Morgan fingerprint density at radius 2 is 2.04 bits per heavy atom. The monoisotopic (exact) mass is 393 g/mol. The molecule has 1 fully saturated rings. The molecule has 1 aromatic carbocycles. The molecule has 1 aliphatic heterocycles. The molecule has 0 atom stereocenters. The Labute approximate surface area is 166 Å². The van der Waals surface area contributed by atoms with Crippen LogP contribution >= 0.6 is 0 Å². The van der Waals surface area contributed by atoms with E-state index in [-0.39, 0.29) is 12.7 Å². The number of rotatable bonds is 12. The molecular formula is C20H31N3O5. The second kappa shape index (κ2) is 13.1. The Kier molecular flexibility index (Phi) is 10.4. The van der Waals surface area contributed by atoms with Gasteiger partial charge >= 0.3 is 0 Å². The average molecular weight is 393 g/mol. The maximum Gasteiger partial charge on any atom is 0.244 e. The van der Waals surface area contributed by atoms with Crippen LogP contribution in [0, 0.1) is 0 Å². The van der Waals surface area contributed by atoms with Gasteiger partial charge in [-0.1, -0.05) is 6.07 Å². The van der Waals surface area contributed by atoms with Crippen molar-refractivity contribution in [3.8, 4) is 11.5 Å². The van der Waals surface area contributed by atoms with E-state index in [1.165, 1.54) is 6.08 Å². The Bertz CT molecular complexity index is 618. The number of nitrogens with one attached hydrogen (secondary N) is 2. The first kappa shape index (κ1) is 22.2. The van der Waals surface area contributed by atoms with Crippen LogP contribution in [0.3, 0.4) is 0 Å². The highest BCUT2D eigenvalue weighted by Crippen LogP contribution is 2.28. The number of carbonyl (C=O) groups is 1. The Balaban J connectivity index is 1.76. The van der Waals surface area contributed by atoms with Crippen LogP contribution in [0.15, 0.2) is 24.3 Å². The molecule has 8 nitrogen and oxygen atoms in total. The van der Waals surface area contributed by atoms with Crippen LogP contribution in [0.25, 0.3) is 6.08 Å². The van der Waals surface area contributed by atoms with E-state index in [0.29, 0.717) is 31.3 Å². The highest BCUT2D eigenvalue weighted by Gasteiger charge is 2.09. The van der Waals surface area contributed by atoms with E-state index in [2.05, 4.69) is 15.5 Å². The number of amides is 1. The molecule has 0 aromatic heterocycles. The van der Waals surface area contributed by atoms with E-state index < -0.39 is 0 Å². The predicted octanol–water partition coefficient (Wildman–Crippen LogP) is 0.729. The van der Waals surface area contributed by atoms with Gasteiger partial charge in [0, 0.05) is 52.5 Å². The maximum atomic E-state index is 12.0. The lowest BCUT2D eigenvalue weighted by Crippen LogP contribution is -2.46. The van der Waals surface area contributed by atoms with Gasteiger partial charge in [0.15, 0.2) is 18.3 Å². The number of carbonyl (C=O) groups excluding carboxylic acids is 1. The normalized spacial score (nSPS) is 14.9. The van der Waals surface area contributed by atoms with E-state index >= 15 is 0 Å². The van der Waals surface area contributed by atoms with E-state index in [0.717, 1.165) is 38.3 Å². The number of hydrogen-bond acceptors (Lipinski definition) is 7. The molecule has 1 amide bonds. The van der Waals surface area contributed by atoms with Gasteiger partial charge in [-0.15, -0.1) is 0 Å². The van der Waals surface area contributed by atoms with Gasteiger partial charge in [0.1, 0.15) is 0 Å². The van der Waals surface area contributed by atoms with Crippen LogP contribution < -0.4 is 20.1 Å². The van der Waals surface area contributed by atoms with Crippen molar-refractivity contribution in [2.24, 2.45) is 0 Å². The summed E-state index contributed by atoms with van der Waals surface area (Å²) >= 11 is 0. The smallest absolute Gasteiger partial charge is 0.244 e. The molecule has 156 valence electrons. The molecule has 0 aliphatic carbocycles. The summed E-state index contributed by atoms with van der Waals surface area (Å²) in [5, 5.41) is 6.23. The van der Waals surface area contributed by atoms with Crippen molar-refractivity contribution in [3.63, 3.8) is 0 Å². The number of ether oxygens (including phenoxy) is 4. The van der Waals surface area contributed by atoms with Crippen molar-refractivity contribution in [2.45, 2.75) is 0 Å². The minimum Gasteiger partial charge on any atom is -0.493 e. The highest BCUT2D eigenvalue weighted by molar-refractivity contribution is 5.91. The van der Waals surface area contributed by atoms with Gasteiger partial charge in [-0.05, 0) is 23.8 Å². The molecule has 28 heavy (non-hydrogen) atoms. The fourth-order valence-corrected chi connectivity index (χ4v) is 2.72. The zero-order valence-corrected chi connectivity index (χ0v) is 16.7. The van der Waals surface area contributed by atoms with E-state index in [4.69, 9.17) is 18.9 Å². The van der Waals surface area contributed by atoms with Crippen LogP contribution in [0.2, 0.25) is 0 Å². The topological polar surface area (TPSA) is 81.3 Å². The van der Waals surface area contributed by atoms with Crippen molar-refractivity contribution in [3.05, 3.63) is 29.8 Å². The molecule has 1 heterocycles. The summed E-state index contributed by atoms with van der Waals surface area (Å²) < 4.78 is 21.1. The summed E-state index contributed by atoms with van der Waals surface area (Å²) in [7, 11) is 3.19. The van der Waals surface area contributed by atoms with Gasteiger partial charge in [-0.25, -0.2) is 0 Å². The minimum absolute atomic E-state index is 0.110. The van der Waals surface area contributed by atoms with E-state index in [9.17, 15) is 4.79 Å². The lowest BCUT2D eigenvalue weighted by Gasteiger charge is -2.26. The van der Waals surface area contributed by atoms with Crippen molar-refractivity contribution < 1.29 is 23.7 Å². The third kappa shape index (κ3) is 8.26. The number of nitrogens with zero attached hydrogens (tertiary/aromatic N) is 1. The van der Waals surface area contributed by atoms with Crippen LogP contribution in [0.5, 0.6) is 11.5 Å². The average Bonchev–Trinajstić information content (AvgIpc) is 2.73. The van der Waals surface area contributed by atoms with E-state index in [1.54, 1.807) is 26.4 Å². The Hall–Kier alpha value is -2.13. The largest absolute Gasteiger partial charge is 0.493 e. The summed E-state index contributed by atoms with van der Waals surface area (Å²) in [4.78, 5) is 14.3. The molecule has 0 saturated carbocycles. The third-order valence-corrected chi connectivity index (χ3v) is 4.28. The highest BCUT2D eigenvalue weighted by atomic mass is 16.7. The second-order valence-corrected chi connectivity index (χ2v) is 6.29. The molecule has 1 aliphatic rings. The van der Waals surface area contributed by atoms with Crippen molar-refractivity contribution in [2.75, 3.05) is 73.5 Å². The summed E-state index contributed by atoms with van der Waals surface area (Å²) in [5.41, 5.74) is 0.849. The molecule has 2 N–H and O–H groups in total. The van der Waals surface area contributed by atoms with Gasteiger partial charge in [0.05, 0.1) is 20.3 Å². The zero-order chi connectivity index (χ0) is 20.0. The Morgan fingerprint density at radius 3 is 2.79 bits per heavy atom. The third-order valence-electron chi connectivity index (χ3n) is 4.28. The minimum atomic E-state index is -0.110. The van der Waals surface area contributed by atoms with Crippen LogP contribution in [0.4, 0.5) is 0 Å². The maximum absolute atomic E-state index is 12.0. The number of benzene rings is 1. The molecule has 0 radical (unpaired) electrons. The van der Waals surface area contributed by atoms with Gasteiger partial charge < -0.3 is 29.6 Å². The molecule has 0 spiro atoms. The standard InChI is InChI=1S/C20H31N3O5/c1-25-13-14-27-16-28-18-5-3-17(15-19(18)26-2)4-6-20(24)22-9-12-23-10-7-21-8-11-23/h3-6,15,21H,7-14,16H2,1-2H3,(H,22,24). The summed E-state index contributed by atoms with van der Waals surface area (Å²) in [5.74, 6) is 1.05. The van der Waals surface area contributed by atoms with Crippen molar-refractivity contribution >= 4 is 12.0 Å². The van der Waals surface area contributed by atoms with Crippen molar-refractivity contribution in [1.29, 1.82) is 0 Å². The van der Waals surface area contributed by atoms with Gasteiger partial charge in [0.2, 0.25) is 5.91 Å². The van der Waals surface area contributed by atoms with Crippen molar-refractivity contribution in [1.82, 2.24) is 15.5 Å².